The minimum Gasteiger partial charge on any atom is -0.569 e. The molecule has 0 saturated carbocycles. The van der Waals surface area contributed by atoms with Gasteiger partial charge in [-0.25, -0.2) is 0 Å². The van der Waals surface area contributed by atoms with Crippen LogP contribution in [-0.2, 0) is 0 Å². The van der Waals surface area contributed by atoms with Crippen molar-refractivity contribution in [3.8, 4) is 0 Å². The van der Waals surface area contributed by atoms with Crippen LogP contribution >= 0.6 is 0 Å². The summed E-state index contributed by atoms with van der Waals surface area (Å²) in [5.74, 6) is 0. The lowest BCUT2D eigenvalue weighted by molar-refractivity contribution is -0.719. The first kappa shape index (κ1) is 9.05. The quantitative estimate of drug-likeness (QED) is 0.354. The van der Waals surface area contributed by atoms with Gasteiger partial charge < -0.3 is 15.5 Å². The van der Waals surface area contributed by atoms with Crippen molar-refractivity contribution in [1.29, 1.82) is 0 Å². The lowest BCUT2D eigenvalue weighted by atomic mass is 10.1. The minimum absolute atomic E-state index is 0.0751. The van der Waals surface area contributed by atoms with Crippen molar-refractivity contribution >= 4 is 0 Å². The van der Waals surface area contributed by atoms with Gasteiger partial charge >= 0.3 is 0 Å². The summed E-state index contributed by atoms with van der Waals surface area (Å²) in [4.78, 5) is 0.139. The van der Waals surface area contributed by atoms with E-state index in [-0.39, 0.29) is 17.6 Å². The third kappa shape index (κ3) is 1.76. The number of rotatable bonds is 2. The van der Waals surface area contributed by atoms with E-state index in [1.54, 1.807) is 0 Å². The molecule has 1 heterocycles. The van der Waals surface area contributed by atoms with Crippen molar-refractivity contribution in [1.82, 2.24) is 5.01 Å². The molecule has 0 aromatic carbocycles. The summed E-state index contributed by atoms with van der Waals surface area (Å²) in [5, 5.41) is 31.8. The summed E-state index contributed by atoms with van der Waals surface area (Å²) in [6.07, 6.45) is 2.66. The van der Waals surface area contributed by atoms with Gasteiger partial charge in [0.1, 0.15) is 6.04 Å². The van der Waals surface area contributed by atoms with Gasteiger partial charge in [0.15, 0.2) is 0 Å². The molecule has 6 nitrogen and oxygen atoms in total. The van der Waals surface area contributed by atoms with Crippen LogP contribution in [0.2, 0.25) is 0 Å². The number of hydrogen-bond acceptors (Lipinski definition) is 3. The van der Waals surface area contributed by atoms with Crippen molar-refractivity contribution in [2.75, 3.05) is 13.2 Å². The highest BCUT2D eigenvalue weighted by atomic mass is 16.6. The van der Waals surface area contributed by atoms with Crippen LogP contribution in [0.4, 0.5) is 0 Å². The van der Waals surface area contributed by atoms with Gasteiger partial charge in [-0.1, -0.05) is 0 Å². The van der Waals surface area contributed by atoms with Gasteiger partial charge in [-0.05, 0) is 19.3 Å². The Morgan fingerprint density at radius 2 is 2.33 bits per heavy atom. The first-order chi connectivity index (χ1) is 5.79. The molecule has 0 aliphatic carbocycles. The predicted molar refractivity (Wildman–Crippen MR) is 39.3 cm³/mol. The topological polar surface area (TPSA) is 82.1 Å². The standard InChI is InChI=1S/C6H13N3O3/c10-5-6-3-1-2-4-8(6)9(12)7-11/h6,10-11H,1-5H2/t6-/m0/s1. The highest BCUT2D eigenvalue weighted by Crippen LogP contribution is 2.16. The fourth-order valence-corrected chi connectivity index (χ4v) is 1.45. The Bertz CT molecular complexity index is 173. The second-order valence-corrected chi connectivity index (χ2v) is 2.84. The van der Waals surface area contributed by atoms with Crippen molar-refractivity contribution in [3.63, 3.8) is 0 Å². The Kier molecular flexibility index (Phi) is 3.09. The molecule has 0 aromatic rings. The van der Waals surface area contributed by atoms with Crippen LogP contribution in [0.25, 0.3) is 0 Å². The zero-order valence-electron chi connectivity index (χ0n) is 6.76. The van der Waals surface area contributed by atoms with E-state index in [1.165, 1.54) is 5.01 Å². The van der Waals surface area contributed by atoms with Crippen LogP contribution in [0.15, 0.2) is 5.28 Å². The van der Waals surface area contributed by atoms with Crippen molar-refractivity contribution < 1.29 is 15.3 Å². The number of aliphatic hydroxyl groups is 1. The number of aliphatic hydroxyl groups excluding tert-OH is 1. The summed E-state index contributed by atoms with van der Waals surface area (Å²) in [6, 6.07) is -0.202. The maximum Gasteiger partial charge on any atom is 0.230 e. The van der Waals surface area contributed by atoms with Crippen LogP contribution in [0, 0.1) is 5.21 Å². The number of hydrogen-bond donors (Lipinski definition) is 2. The second kappa shape index (κ2) is 4.10. The second-order valence-electron chi connectivity index (χ2n) is 2.84. The third-order valence-corrected chi connectivity index (χ3v) is 2.10. The number of hydrazine groups is 1. The molecule has 0 bridgehead atoms. The molecule has 0 spiro atoms. The molecule has 70 valence electrons. The first-order valence-corrected chi connectivity index (χ1v) is 3.99. The average Bonchev–Trinajstić information content (AvgIpc) is 2.16. The molecule has 1 aliphatic rings. The lowest BCUT2D eigenvalue weighted by Gasteiger charge is -2.29. The minimum atomic E-state index is -0.202. The Hall–Kier alpha value is -1.04. The molecule has 0 amide bonds. The predicted octanol–water partition coefficient (Wildman–Crippen LogP) is 0.0999. The van der Waals surface area contributed by atoms with E-state index >= 15 is 0 Å². The zero-order valence-corrected chi connectivity index (χ0v) is 6.76. The molecule has 12 heavy (non-hydrogen) atoms. The molecular weight excluding hydrogens is 162 g/mol. The maximum absolute atomic E-state index is 10.9. The van der Waals surface area contributed by atoms with E-state index in [2.05, 4.69) is 5.28 Å². The van der Waals surface area contributed by atoms with Crippen molar-refractivity contribution in [2.24, 2.45) is 5.28 Å². The SMILES string of the molecule is [O-][N+](=NO)N1CCCC[C@H]1CO. The summed E-state index contributed by atoms with van der Waals surface area (Å²) in [5.41, 5.74) is 0. The molecule has 6 heteroatoms. The fourth-order valence-electron chi connectivity index (χ4n) is 1.45. The van der Waals surface area contributed by atoms with Crippen molar-refractivity contribution in [2.45, 2.75) is 25.3 Å². The van der Waals surface area contributed by atoms with Crippen LogP contribution < -0.4 is 0 Å². The van der Waals surface area contributed by atoms with Crippen LogP contribution in [-0.4, -0.2) is 39.5 Å². The van der Waals surface area contributed by atoms with Gasteiger partial charge in [-0.3, -0.25) is 0 Å². The Morgan fingerprint density at radius 3 is 2.92 bits per heavy atom. The van der Waals surface area contributed by atoms with E-state index < -0.39 is 0 Å². The summed E-state index contributed by atoms with van der Waals surface area (Å²) in [7, 11) is 0. The van der Waals surface area contributed by atoms with Crippen LogP contribution in [0.1, 0.15) is 19.3 Å². The van der Waals surface area contributed by atoms with Gasteiger partial charge in [0.2, 0.25) is 5.28 Å². The molecule has 0 unspecified atom stereocenters. The zero-order chi connectivity index (χ0) is 8.97. The Balaban J connectivity index is 2.58. The molecule has 0 radical (unpaired) electrons. The Labute approximate surface area is 70.2 Å². The summed E-state index contributed by atoms with van der Waals surface area (Å²) >= 11 is 0. The molecule has 2 N–H and O–H groups in total. The average molecular weight is 175 g/mol. The molecule has 1 rings (SSSR count). The highest BCUT2D eigenvalue weighted by Gasteiger charge is 2.27. The molecule has 1 fully saturated rings. The number of nitrogens with zero attached hydrogens (tertiary/aromatic N) is 3. The smallest absolute Gasteiger partial charge is 0.230 e. The van der Waals surface area contributed by atoms with Gasteiger partial charge in [-0.15, -0.1) is 5.01 Å². The normalized spacial score (nSPS) is 25.9. The van der Waals surface area contributed by atoms with Crippen LogP contribution in [0.5, 0.6) is 0 Å². The summed E-state index contributed by atoms with van der Waals surface area (Å²) in [6.45, 7) is 0.465. The molecule has 1 saturated heterocycles. The monoisotopic (exact) mass is 175 g/mol. The van der Waals surface area contributed by atoms with E-state index in [1.807, 2.05) is 0 Å². The molecule has 1 aliphatic heterocycles. The van der Waals surface area contributed by atoms with E-state index in [0.29, 0.717) is 6.54 Å². The molecule has 1 atom stereocenters. The summed E-state index contributed by atoms with van der Waals surface area (Å²) < 4.78 is 0. The van der Waals surface area contributed by atoms with E-state index in [4.69, 9.17) is 10.3 Å². The Morgan fingerprint density at radius 1 is 1.58 bits per heavy atom. The van der Waals surface area contributed by atoms with Gasteiger partial charge in [-0.2, -0.15) is 0 Å². The van der Waals surface area contributed by atoms with E-state index in [9.17, 15) is 5.21 Å². The first-order valence-electron chi connectivity index (χ1n) is 3.99. The lowest BCUT2D eigenvalue weighted by Crippen LogP contribution is -2.45. The van der Waals surface area contributed by atoms with Gasteiger partial charge in [0, 0.05) is 0 Å². The third-order valence-electron chi connectivity index (χ3n) is 2.10. The number of piperidine rings is 1. The van der Waals surface area contributed by atoms with Crippen LogP contribution in [0.3, 0.4) is 0 Å². The largest absolute Gasteiger partial charge is 0.569 e. The fraction of sp³-hybridized carbons (Fsp3) is 1.00. The van der Waals surface area contributed by atoms with Gasteiger partial charge in [0.25, 0.3) is 0 Å². The molecular formula is C6H13N3O3. The molecule has 0 aromatic heterocycles. The van der Waals surface area contributed by atoms with Crippen molar-refractivity contribution in [3.05, 3.63) is 5.21 Å². The highest BCUT2D eigenvalue weighted by molar-refractivity contribution is 4.69. The van der Waals surface area contributed by atoms with E-state index in [0.717, 1.165) is 19.3 Å². The van der Waals surface area contributed by atoms with Gasteiger partial charge in [0.05, 0.1) is 18.1 Å². The maximum atomic E-state index is 10.9.